The first kappa shape index (κ1) is 35.0. The standard InChI is InChI=1S/C24H46O7S.Na.H/c1-5-9-11-13-15-20(7-3)18-30-23(25)17-22(32(27,28)29)24(26)31-19-21(8-4)16-14-12-10-6-2;;/h20-22H,5-19H2,1-4H3,(H,27,28,29);;. The molecular formula is C24H47NaO7S. The van der Waals surface area contributed by atoms with Crippen LogP contribution in [-0.4, -0.2) is 72.9 Å². The molecule has 7 nitrogen and oxygen atoms in total. The third-order valence-electron chi connectivity index (χ3n) is 6.00. The van der Waals surface area contributed by atoms with E-state index in [1.54, 1.807) is 0 Å². The van der Waals surface area contributed by atoms with Gasteiger partial charge in [-0.1, -0.05) is 91.9 Å². The van der Waals surface area contributed by atoms with Crippen molar-refractivity contribution in [2.75, 3.05) is 13.2 Å². The van der Waals surface area contributed by atoms with Crippen LogP contribution in [0.25, 0.3) is 0 Å². The van der Waals surface area contributed by atoms with Crippen LogP contribution in [0.3, 0.4) is 0 Å². The van der Waals surface area contributed by atoms with Gasteiger partial charge in [0.25, 0.3) is 10.1 Å². The van der Waals surface area contributed by atoms with E-state index in [2.05, 4.69) is 13.8 Å². The van der Waals surface area contributed by atoms with Crippen LogP contribution in [-0.2, 0) is 29.2 Å². The first-order chi connectivity index (χ1) is 15.2. The van der Waals surface area contributed by atoms with Gasteiger partial charge >= 0.3 is 41.5 Å². The Morgan fingerprint density at radius 3 is 1.61 bits per heavy atom. The Labute approximate surface area is 224 Å². The zero-order valence-corrected chi connectivity index (χ0v) is 21.5. The molecule has 9 heteroatoms. The summed E-state index contributed by atoms with van der Waals surface area (Å²) < 4.78 is 43.3. The number of rotatable bonds is 20. The molecule has 0 saturated heterocycles. The molecular weight excluding hydrogens is 455 g/mol. The first-order valence-electron chi connectivity index (χ1n) is 12.5. The molecule has 3 atom stereocenters. The van der Waals surface area contributed by atoms with Crippen LogP contribution >= 0.6 is 0 Å². The van der Waals surface area contributed by atoms with Gasteiger partial charge in [0.2, 0.25) is 0 Å². The Kier molecular flexibility index (Phi) is 22.5. The monoisotopic (exact) mass is 502 g/mol. The molecule has 0 heterocycles. The van der Waals surface area contributed by atoms with Gasteiger partial charge in [0.1, 0.15) is 0 Å². The van der Waals surface area contributed by atoms with Crippen molar-refractivity contribution >= 4 is 51.6 Å². The summed E-state index contributed by atoms with van der Waals surface area (Å²) in [7, 11) is -4.78. The second-order valence-corrected chi connectivity index (χ2v) is 10.4. The number of carbonyl (C=O) groups excluding carboxylic acids is 2. The Balaban J connectivity index is 0. The molecule has 0 radical (unpaired) electrons. The molecule has 0 aromatic heterocycles. The fourth-order valence-corrected chi connectivity index (χ4v) is 4.21. The van der Waals surface area contributed by atoms with Gasteiger partial charge in [-0.05, 0) is 24.7 Å². The number of carbonyl (C=O) groups is 2. The summed E-state index contributed by atoms with van der Waals surface area (Å²) in [4.78, 5) is 24.5. The van der Waals surface area contributed by atoms with Gasteiger partial charge in [-0.15, -0.1) is 0 Å². The summed E-state index contributed by atoms with van der Waals surface area (Å²) in [6.45, 7) is 8.55. The van der Waals surface area contributed by atoms with Crippen LogP contribution in [0.15, 0.2) is 0 Å². The Bertz CT molecular complexity index is 610. The van der Waals surface area contributed by atoms with E-state index in [9.17, 15) is 22.6 Å². The minimum absolute atomic E-state index is 0. The summed E-state index contributed by atoms with van der Waals surface area (Å²) >= 11 is 0. The SMILES string of the molecule is CCCCCCC(CC)COC(=O)CC(C(=O)OCC(CC)CCCCCC)S(=O)(=O)O.[NaH]. The van der Waals surface area contributed by atoms with Crippen molar-refractivity contribution in [3.8, 4) is 0 Å². The van der Waals surface area contributed by atoms with Gasteiger partial charge in [-0.3, -0.25) is 14.1 Å². The zero-order valence-electron chi connectivity index (χ0n) is 20.6. The van der Waals surface area contributed by atoms with E-state index in [0.29, 0.717) is 0 Å². The van der Waals surface area contributed by atoms with Crippen molar-refractivity contribution in [3.63, 3.8) is 0 Å². The van der Waals surface area contributed by atoms with Crippen molar-refractivity contribution < 1.29 is 32.0 Å². The molecule has 0 rings (SSSR count). The second kappa shape index (κ2) is 21.2. The molecule has 0 aromatic carbocycles. The number of unbranched alkanes of at least 4 members (excludes halogenated alkanes) is 6. The molecule has 0 saturated carbocycles. The van der Waals surface area contributed by atoms with E-state index in [0.717, 1.165) is 70.6 Å². The van der Waals surface area contributed by atoms with Crippen molar-refractivity contribution in [3.05, 3.63) is 0 Å². The summed E-state index contributed by atoms with van der Waals surface area (Å²) in [5.41, 5.74) is 0. The van der Waals surface area contributed by atoms with Gasteiger partial charge in [0.05, 0.1) is 19.6 Å². The molecule has 1 N–H and O–H groups in total. The maximum absolute atomic E-state index is 12.4. The van der Waals surface area contributed by atoms with Gasteiger partial charge in [-0.2, -0.15) is 8.42 Å². The third kappa shape index (κ3) is 17.9. The van der Waals surface area contributed by atoms with Crippen LogP contribution in [0.4, 0.5) is 0 Å². The Morgan fingerprint density at radius 2 is 1.21 bits per heavy atom. The maximum atomic E-state index is 12.4. The fourth-order valence-electron chi connectivity index (χ4n) is 3.55. The summed E-state index contributed by atoms with van der Waals surface area (Å²) in [6, 6.07) is 0. The number of ether oxygens (including phenoxy) is 2. The van der Waals surface area contributed by atoms with E-state index in [1.807, 2.05) is 13.8 Å². The van der Waals surface area contributed by atoms with Crippen LogP contribution in [0, 0.1) is 11.8 Å². The molecule has 0 amide bonds. The normalized spacial score (nSPS) is 14.1. The van der Waals surface area contributed by atoms with E-state index in [-0.39, 0.29) is 54.6 Å². The molecule has 0 spiro atoms. The number of esters is 2. The van der Waals surface area contributed by atoms with Crippen molar-refractivity contribution in [1.29, 1.82) is 0 Å². The fraction of sp³-hybridized carbons (Fsp3) is 0.917. The molecule has 3 unspecified atom stereocenters. The molecule has 0 aromatic rings. The van der Waals surface area contributed by atoms with Crippen molar-refractivity contribution in [2.45, 2.75) is 116 Å². The number of hydrogen-bond acceptors (Lipinski definition) is 6. The minimum atomic E-state index is -4.78. The predicted octanol–water partition coefficient (Wildman–Crippen LogP) is 5.06. The van der Waals surface area contributed by atoms with Crippen LogP contribution in [0.1, 0.15) is 111 Å². The molecule has 33 heavy (non-hydrogen) atoms. The number of hydrogen-bond donors (Lipinski definition) is 1. The summed E-state index contributed by atoms with van der Waals surface area (Å²) in [5, 5.41) is -1.95. The van der Waals surface area contributed by atoms with E-state index < -0.39 is 33.7 Å². The topological polar surface area (TPSA) is 107 Å². The van der Waals surface area contributed by atoms with Gasteiger partial charge in [-0.25, -0.2) is 0 Å². The molecule has 0 fully saturated rings. The molecule has 0 aliphatic carbocycles. The molecule has 192 valence electrons. The Morgan fingerprint density at radius 1 is 0.758 bits per heavy atom. The van der Waals surface area contributed by atoms with Crippen LogP contribution < -0.4 is 0 Å². The van der Waals surface area contributed by atoms with E-state index >= 15 is 0 Å². The molecule has 0 aliphatic rings. The van der Waals surface area contributed by atoms with E-state index in [4.69, 9.17) is 9.47 Å². The van der Waals surface area contributed by atoms with Crippen molar-refractivity contribution in [1.82, 2.24) is 0 Å². The van der Waals surface area contributed by atoms with Gasteiger partial charge < -0.3 is 9.47 Å². The summed E-state index contributed by atoms with van der Waals surface area (Å²) in [5.74, 6) is -1.58. The van der Waals surface area contributed by atoms with Gasteiger partial charge in [0.15, 0.2) is 5.25 Å². The van der Waals surface area contributed by atoms with Crippen LogP contribution in [0.2, 0.25) is 0 Å². The first-order valence-corrected chi connectivity index (χ1v) is 14.0. The molecule has 0 aliphatic heterocycles. The average molecular weight is 503 g/mol. The van der Waals surface area contributed by atoms with Gasteiger partial charge in [0, 0.05) is 0 Å². The second-order valence-electron chi connectivity index (χ2n) is 8.77. The molecule has 0 bridgehead atoms. The zero-order chi connectivity index (χ0) is 24.4. The average Bonchev–Trinajstić information content (AvgIpc) is 2.75. The van der Waals surface area contributed by atoms with Crippen molar-refractivity contribution in [2.24, 2.45) is 11.8 Å². The van der Waals surface area contributed by atoms with E-state index in [1.165, 1.54) is 6.42 Å². The van der Waals surface area contributed by atoms with Crippen LogP contribution in [0.5, 0.6) is 0 Å². The quantitative estimate of drug-likeness (QED) is 0.107. The predicted molar refractivity (Wildman–Crippen MR) is 134 cm³/mol. The Hall–Kier alpha value is -0.150. The third-order valence-corrected chi connectivity index (χ3v) is 7.08. The summed E-state index contributed by atoms with van der Waals surface area (Å²) in [6.07, 6.45) is 11.7.